The standard InChI is InChI=1S/C11H10F5N3O4/c1-18-22-7(19-23-11(14,15)16)4-21-6-3-2-5(12)8(9(6)13)10(17)20/h2-3,18H,4H2,1H3,(H2,17,20)/b19-7-. The fraction of sp³-hybridized carbons (Fsp3) is 0.273. The highest BCUT2D eigenvalue weighted by molar-refractivity contribution is 5.93. The van der Waals surface area contributed by atoms with Crippen LogP contribution in [0.4, 0.5) is 22.0 Å². The molecular weight excluding hydrogens is 333 g/mol. The van der Waals surface area contributed by atoms with Crippen LogP contribution >= 0.6 is 0 Å². The van der Waals surface area contributed by atoms with E-state index >= 15 is 0 Å². The van der Waals surface area contributed by atoms with Crippen molar-refractivity contribution >= 4 is 11.8 Å². The van der Waals surface area contributed by atoms with Crippen LogP contribution in [-0.2, 0) is 9.68 Å². The van der Waals surface area contributed by atoms with Gasteiger partial charge in [0.25, 0.3) is 11.8 Å². The Morgan fingerprint density at radius 1 is 1.35 bits per heavy atom. The summed E-state index contributed by atoms with van der Waals surface area (Å²) < 4.78 is 67.5. The summed E-state index contributed by atoms with van der Waals surface area (Å²) >= 11 is 0. The second-order valence-electron chi connectivity index (χ2n) is 3.72. The molecule has 0 bridgehead atoms. The monoisotopic (exact) mass is 343 g/mol. The number of nitrogens with one attached hydrogen (secondary N) is 1. The molecular formula is C11H10F5N3O4. The smallest absolute Gasteiger partial charge is 0.481 e. The number of hydrogen-bond acceptors (Lipinski definition) is 6. The summed E-state index contributed by atoms with van der Waals surface area (Å²) in [5.41, 5.74) is 5.76. The van der Waals surface area contributed by atoms with E-state index in [9.17, 15) is 26.7 Å². The number of nitrogens with zero attached hydrogens (tertiary/aromatic N) is 1. The number of oxime groups is 1. The summed E-state index contributed by atoms with van der Waals surface area (Å²) in [6.07, 6.45) is -5.07. The number of carbonyl (C=O) groups excluding carboxylic acids is 1. The molecule has 0 radical (unpaired) electrons. The summed E-state index contributed by atoms with van der Waals surface area (Å²) in [7, 11) is 1.20. The van der Waals surface area contributed by atoms with Crippen molar-refractivity contribution in [3.63, 3.8) is 0 Å². The Labute approximate surface area is 125 Å². The van der Waals surface area contributed by atoms with Crippen molar-refractivity contribution in [3.8, 4) is 5.75 Å². The lowest BCUT2D eigenvalue weighted by Crippen LogP contribution is -2.24. The summed E-state index contributed by atoms with van der Waals surface area (Å²) in [6, 6.07) is 1.50. The van der Waals surface area contributed by atoms with Crippen LogP contribution in [0.5, 0.6) is 5.75 Å². The number of alkyl halides is 3. The molecule has 7 nitrogen and oxygen atoms in total. The second kappa shape index (κ2) is 7.58. The van der Waals surface area contributed by atoms with E-state index in [1.807, 2.05) is 5.48 Å². The molecule has 0 aliphatic rings. The van der Waals surface area contributed by atoms with E-state index in [2.05, 4.69) is 14.8 Å². The molecule has 1 rings (SSSR count). The third-order valence-corrected chi connectivity index (χ3v) is 2.12. The van der Waals surface area contributed by atoms with Crippen molar-refractivity contribution in [1.82, 2.24) is 5.48 Å². The first-order chi connectivity index (χ1) is 10.7. The lowest BCUT2D eigenvalue weighted by Gasteiger charge is -2.11. The van der Waals surface area contributed by atoms with Gasteiger partial charge in [-0.05, 0) is 17.3 Å². The predicted octanol–water partition coefficient (Wildman–Crippen LogP) is 1.44. The first-order valence-corrected chi connectivity index (χ1v) is 5.71. The molecule has 3 N–H and O–H groups in total. The predicted molar refractivity (Wildman–Crippen MR) is 65.1 cm³/mol. The molecule has 1 aromatic rings. The molecule has 1 amide bonds. The Hall–Kier alpha value is -2.63. The van der Waals surface area contributed by atoms with Crippen LogP contribution in [0.25, 0.3) is 0 Å². The van der Waals surface area contributed by atoms with E-state index in [1.165, 1.54) is 7.05 Å². The molecule has 0 unspecified atom stereocenters. The minimum Gasteiger partial charge on any atom is -0.481 e. The molecule has 12 heteroatoms. The Morgan fingerprint density at radius 2 is 2.00 bits per heavy atom. The lowest BCUT2D eigenvalue weighted by atomic mass is 10.1. The zero-order valence-corrected chi connectivity index (χ0v) is 11.4. The van der Waals surface area contributed by atoms with E-state index in [-0.39, 0.29) is 0 Å². The largest absolute Gasteiger partial charge is 0.593 e. The molecule has 0 saturated carbocycles. The Bertz CT molecular complexity index is 606. The van der Waals surface area contributed by atoms with Crippen molar-refractivity contribution in [2.45, 2.75) is 6.36 Å². The Morgan fingerprint density at radius 3 is 2.52 bits per heavy atom. The molecule has 0 aliphatic heterocycles. The maximum atomic E-state index is 13.8. The first kappa shape index (κ1) is 18.4. The van der Waals surface area contributed by atoms with E-state index in [0.29, 0.717) is 6.07 Å². The summed E-state index contributed by atoms with van der Waals surface area (Å²) in [6.45, 7) is -0.822. The number of benzene rings is 1. The average Bonchev–Trinajstić information content (AvgIpc) is 2.42. The number of ether oxygens (including phenoxy) is 1. The van der Waals surface area contributed by atoms with Gasteiger partial charge in [0.2, 0.25) is 0 Å². The number of amides is 1. The normalized spacial score (nSPS) is 12.0. The number of carbonyl (C=O) groups is 1. The molecule has 0 atom stereocenters. The van der Waals surface area contributed by atoms with Gasteiger partial charge in [0.15, 0.2) is 18.2 Å². The number of primary amides is 1. The van der Waals surface area contributed by atoms with E-state index < -0.39 is 47.7 Å². The summed E-state index contributed by atoms with van der Waals surface area (Å²) in [4.78, 5) is 18.6. The third kappa shape index (κ3) is 5.58. The van der Waals surface area contributed by atoms with Crippen LogP contribution in [0, 0.1) is 11.6 Å². The van der Waals surface area contributed by atoms with Crippen LogP contribution in [-0.4, -0.2) is 31.8 Å². The molecule has 0 aromatic heterocycles. The Balaban J connectivity index is 2.90. The van der Waals surface area contributed by atoms with Crippen molar-refractivity contribution in [2.75, 3.05) is 13.7 Å². The molecule has 0 spiro atoms. The van der Waals surface area contributed by atoms with Crippen molar-refractivity contribution in [3.05, 3.63) is 29.3 Å². The van der Waals surface area contributed by atoms with Gasteiger partial charge in [-0.1, -0.05) is 0 Å². The van der Waals surface area contributed by atoms with Crippen molar-refractivity contribution in [2.24, 2.45) is 10.9 Å². The summed E-state index contributed by atoms with van der Waals surface area (Å²) in [5, 5.41) is 2.60. The highest BCUT2D eigenvalue weighted by Crippen LogP contribution is 2.23. The third-order valence-electron chi connectivity index (χ3n) is 2.12. The molecule has 1 aromatic carbocycles. The number of rotatable bonds is 6. The SMILES string of the molecule is CNO/C(COc1ccc(F)c(C(N)=O)c1F)=N\OC(F)(F)F. The lowest BCUT2D eigenvalue weighted by molar-refractivity contribution is -0.326. The van der Waals surface area contributed by atoms with Gasteiger partial charge in [0, 0.05) is 7.05 Å². The molecule has 128 valence electrons. The maximum absolute atomic E-state index is 13.8. The van der Waals surface area contributed by atoms with Crippen molar-refractivity contribution < 1.29 is 41.2 Å². The molecule has 0 aliphatic carbocycles. The highest BCUT2D eigenvalue weighted by Gasteiger charge is 2.31. The fourth-order valence-corrected chi connectivity index (χ4v) is 1.31. The van der Waals surface area contributed by atoms with Gasteiger partial charge in [0.05, 0.1) is 0 Å². The Kier molecular flexibility index (Phi) is 6.07. The topological polar surface area (TPSA) is 95.2 Å². The molecule has 0 heterocycles. The van der Waals surface area contributed by atoms with Gasteiger partial charge in [-0.15, -0.1) is 13.2 Å². The van der Waals surface area contributed by atoms with Gasteiger partial charge in [-0.2, -0.15) is 5.48 Å². The fourth-order valence-electron chi connectivity index (χ4n) is 1.31. The van der Waals surface area contributed by atoms with Crippen LogP contribution in [0.1, 0.15) is 10.4 Å². The maximum Gasteiger partial charge on any atom is 0.593 e. The number of nitrogens with two attached hydrogens (primary N) is 1. The zero-order valence-electron chi connectivity index (χ0n) is 11.4. The quantitative estimate of drug-likeness (QED) is 0.353. The average molecular weight is 343 g/mol. The van der Waals surface area contributed by atoms with Crippen molar-refractivity contribution in [1.29, 1.82) is 0 Å². The van der Waals surface area contributed by atoms with E-state index in [4.69, 9.17) is 10.5 Å². The van der Waals surface area contributed by atoms with Gasteiger partial charge in [-0.3, -0.25) is 9.63 Å². The number of halogens is 5. The zero-order chi connectivity index (χ0) is 17.6. The van der Waals surface area contributed by atoms with Gasteiger partial charge in [0.1, 0.15) is 11.4 Å². The van der Waals surface area contributed by atoms with Crippen LogP contribution in [0.15, 0.2) is 17.3 Å². The van der Waals surface area contributed by atoms with Gasteiger partial charge >= 0.3 is 6.36 Å². The molecule has 0 saturated heterocycles. The van der Waals surface area contributed by atoms with Crippen LogP contribution < -0.4 is 16.0 Å². The van der Waals surface area contributed by atoms with Crippen LogP contribution in [0.3, 0.4) is 0 Å². The van der Waals surface area contributed by atoms with E-state index in [1.54, 1.807) is 0 Å². The second-order valence-corrected chi connectivity index (χ2v) is 3.72. The van der Waals surface area contributed by atoms with Gasteiger partial charge < -0.3 is 15.3 Å². The first-order valence-electron chi connectivity index (χ1n) is 5.71. The molecule has 0 fully saturated rings. The summed E-state index contributed by atoms with van der Waals surface area (Å²) in [5.74, 6) is -5.43. The highest BCUT2D eigenvalue weighted by atomic mass is 19.4. The van der Waals surface area contributed by atoms with Gasteiger partial charge in [-0.25, -0.2) is 8.78 Å². The molecule has 23 heavy (non-hydrogen) atoms. The minimum absolute atomic E-state index is 0.653. The number of hydroxylamine groups is 1. The number of hydrogen-bond donors (Lipinski definition) is 2. The minimum atomic E-state index is -5.07. The van der Waals surface area contributed by atoms with E-state index in [0.717, 1.165) is 6.07 Å². The van der Waals surface area contributed by atoms with Crippen LogP contribution in [0.2, 0.25) is 0 Å².